The fourth-order valence-electron chi connectivity index (χ4n) is 7.40. The van der Waals surface area contributed by atoms with Crippen molar-refractivity contribution in [2.45, 2.75) is 40.0 Å². The lowest BCUT2D eigenvalue weighted by Crippen LogP contribution is -2.05. The number of halogens is 8. The monoisotopic (exact) mass is 736 g/mol. The Hall–Kier alpha value is -6.00. The maximum atomic E-state index is 14.5. The molecule has 0 amide bonds. The van der Waals surface area contributed by atoms with Gasteiger partial charge in [0.15, 0.2) is 0 Å². The number of hydrogen-bond acceptors (Lipinski definition) is 2. The minimum absolute atomic E-state index is 0.0330. The summed E-state index contributed by atoms with van der Waals surface area (Å²) in [6, 6.07) is 23.3. The Morgan fingerprint density at radius 2 is 0.815 bits per heavy atom. The van der Waals surface area contributed by atoms with Gasteiger partial charge in [-0.05, 0) is 177 Å². The van der Waals surface area contributed by atoms with Gasteiger partial charge in [0, 0.05) is 0 Å². The Morgan fingerprint density at radius 3 is 1.17 bits per heavy atom. The van der Waals surface area contributed by atoms with Crippen molar-refractivity contribution in [3.63, 3.8) is 0 Å². The molecule has 2 unspecified atom stereocenters. The summed E-state index contributed by atoms with van der Waals surface area (Å²) in [7, 11) is 0. The molecule has 2 nitrogen and oxygen atoms in total. The number of nitrogens with zero attached hydrogens (tertiary/aromatic N) is 2. The highest BCUT2D eigenvalue weighted by Gasteiger charge is 2.36. The zero-order valence-electron chi connectivity index (χ0n) is 29.2. The molecular formula is C44H28F8N2. The number of fused-ring (bicyclic) bond motifs is 6. The summed E-state index contributed by atoms with van der Waals surface area (Å²) in [6.45, 7) is 7.08. The average Bonchev–Trinajstić information content (AvgIpc) is 3.62. The van der Waals surface area contributed by atoms with Gasteiger partial charge in [0.1, 0.15) is 11.6 Å². The summed E-state index contributed by atoms with van der Waals surface area (Å²) >= 11 is 0. The van der Waals surface area contributed by atoms with Crippen LogP contribution >= 0.6 is 0 Å². The average molecular weight is 737 g/mol. The van der Waals surface area contributed by atoms with Gasteiger partial charge in [-0.25, -0.2) is 8.78 Å². The molecule has 2 atom stereocenters. The lowest BCUT2D eigenvalue weighted by molar-refractivity contribution is -0.138. The van der Waals surface area contributed by atoms with Crippen molar-refractivity contribution in [2.75, 3.05) is 0 Å². The zero-order chi connectivity index (χ0) is 39.0. The molecule has 0 aromatic heterocycles. The predicted molar refractivity (Wildman–Crippen MR) is 191 cm³/mol. The van der Waals surface area contributed by atoms with E-state index in [4.69, 9.17) is 0 Å². The van der Waals surface area contributed by atoms with Crippen LogP contribution in [0.15, 0.2) is 96.1 Å². The van der Waals surface area contributed by atoms with Crippen molar-refractivity contribution >= 4 is 11.1 Å². The first-order valence-electron chi connectivity index (χ1n) is 16.9. The van der Waals surface area contributed by atoms with Gasteiger partial charge >= 0.3 is 12.4 Å². The van der Waals surface area contributed by atoms with Crippen molar-refractivity contribution in [3.05, 3.63) is 141 Å². The van der Waals surface area contributed by atoms with Crippen molar-refractivity contribution in [1.82, 2.24) is 0 Å². The molecular weight excluding hydrogens is 708 g/mol. The minimum Gasteiger partial charge on any atom is -0.207 e. The second-order valence-corrected chi connectivity index (χ2v) is 13.7. The number of hydrogen-bond donors (Lipinski definition) is 0. The standard InChI is InChI=1S/C44H28F8N2/c1-21(19-53)23(3)41-37-13-25(27-9-29(43(47,48)49)15-31(45)11-27)5-7-33(37)35-17-36-34-8-6-26(28-10-30(44(50,51)52)16-32(46)12-28)14-38(34)42(24(4)22(2)20-54)40(36)18-39(35)41/h5-18,21-22H,1-4H3/b41-23-,42-24+. The third kappa shape index (κ3) is 6.06. The van der Waals surface area contributed by atoms with E-state index < -0.39 is 46.9 Å². The van der Waals surface area contributed by atoms with E-state index in [1.165, 1.54) is 0 Å². The number of nitriles is 2. The van der Waals surface area contributed by atoms with E-state index >= 15 is 0 Å². The van der Waals surface area contributed by atoms with Gasteiger partial charge in [0.25, 0.3) is 0 Å². The molecule has 0 aliphatic heterocycles. The predicted octanol–water partition coefficient (Wildman–Crippen LogP) is 13.3. The molecule has 0 saturated heterocycles. The second-order valence-electron chi connectivity index (χ2n) is 13.7. The number of rotatable bonds is 4. The third-order valence-corrected chi connectivity index (χ3v) is 10.4. The normalized spacial score (nSPS) is 16.0. The van der Waals surface area contributed by atoms with Crippen molar-refractivity contribution in [2.24, 2.45) is 11.8 Å². The van der Waals surface area contributed by atoms with Crippen molar-refractivity contribution < 1.29 is 35.1 Å². The van der Waals surface area contributed by atoms with Gasteiger partial charge in [0.05, 0.1) is 35.1 Å². The maximum absolute atomic E-state index is 14.5. The van der Waals surface area contributed by atoms with E-state index in [-0.39, 0.29) is 11.1 Å². The van der Waals surface area contributed by atoms with Crippen LogP contribution in [0.2, 0.25) is 0 Å². The Balaban J connectivity index is 1.47. The topological polar surface area (TPSA) is 47.6 Å². The Morgan fingerprint density at radius 1 is 0.463 bits per heavy atom. The highest BCUT2D eigenvalue weighted by molar-refractivity contribution is 6.10. The molecule has 270 valence electrons. The van der Waals surface area contributed by atoms with Crippen LogP contribution in [-0.2, 0) is 12.4 Å². The fourth-order valence-corrected chi connectivity index (χ4v) is 7.40. The van der Waals surface area contributed by atoms with Crippen LogP contribution in [0.3, 0.4) is 0 Å². The maximum Gasteiger partial charge on any atom is 0.416 e. The Bertz CT molecular complexity index is 2400. The molecule has 0 saturated carbocycles. The Labute approximate surface area is 305 Å². The second kappa shape index (κ2) is 12.8. The molecule has 10 heteroatoms. The van der Waals surface area contributed by atoms with Gasteiger partial charge in [-0.3, -0.25) is 0 Å². The SMILES string of the molecule is C/C(=C1\c2cc(-c3cc(F)cc(C(F)(F)F)c3)ccc2-c2cc3c(cc21)/C(=C(\C)C(C)C#N)c1cc(-c2cc(F)cc(C(F)(F)F)c2)ccc1-3)C(C)C#N. The highest BCUT2D eigenvalue weighted by Crippen LogP contribution is 2.55. The van der Waals surface area contributed by atoms with Gasteiger partial charge in [-0.2, -0.15) is 36.9 Å². The number of benzene rings is 5. The lowest BCUT2D eigenvalue weighted by atomic mass is 9.88. The smallest absolute Gasteiger partial charge is 0.207 e. The van der Waals surface area contributed by atoms with E-state index in [9.17, 15) is 45.6 Å². The van der Waals surface area contributed by atoms with Crippen LogP contribution in [0, 0.1) is 46.1 Å². The minimum atomic E-state index is -4.76. The molecule has 5 aromatic rings. The first-order valence-corrected chi connectivity index (χ1v) is 16.9. The van der Waals surface area contributed by atoms with Crippen LogP contribution in [0.5, 0.6) is 0 Å². The summed E-state index contributed by atoms with van der Waals surface area (Å²) < 4.78 is 111. The molecule has 0 N–H and O–H groups in total. The van der Waals surface area contributed by atoms with Crippen molar-refractivity contribution in [3.8, 4) is 56.6 Å². The van der Waals surface area contributed by atoms with Crippen molar-refractivity contribution in [1.29, 1.82) is 10.5 Å². The summed E-state index contributed by atoms with van der Waals surface area (Å²) in [5.74, 6) is -3.20. The highest BCUT2D eigenvalue weighted by atomic mass is 19.4. The quantitative estimate of drug-likeness (QED) is 0.169. The van der Waals surface area contributed by atoms with E-state index in [1.54, 1.807) is 64.1 Å². The molecule has 2 aliphatic carbocycles. The molecule has 0 bridgehead atoms. The largest absolute Gasteiger partial charge is 0.416 e. The van der Waals surface area contributed by atoms with E-state index in [0.717, 1.165) is 57.6 Å². The van der Waals surface area contributed by atoms with Gasteiger partial charge in [-0.1, -0.05) is 24.3 Å². The third-order valence-electron chi connectivity index (χ3n) is 10.4. The lowest BCUT2D eigenvalue weighted by Gasteiger charge is -2.15. The Kier molecular flexibility index (Phi) is 8.65. The molecule has 0 heterocycles. The van der Waals surface area contributed by atoms with E-state index in [1.807, 2.05) is 12.1 Å². The molecule has 54 heavy (non-hydrogen) atoms. The van der Waals surface area contributed by atoms with Gasteiger partial charge in [-0.15, -0.1) is 0 Å². The first-order chi connectivity index (χ1) is 25.4. The molecule has 0 radical (unpaired) electrons. The van der Waals surface area contributed by atoms with Crippen LogP contribution in [0.25, 0.3) is 55.7 Å². The van der Waals surface area contributed by atoms with E-state index in [0.29, 0.717) is 56.7 Å². The molecule has 0 fully saturated rings. The molecule has 0 spiro atoms. The molecule has 2 aliphatic rings. The van der Waals surface area contributed by atoms with Crippen LogP contribution < -0.4 is 0 Å². The van der Waals surface area contributed by atoms with E-state index in [2.05, 4.69) is 12.1 Å². The van der Waals surface area contributed by atoms with Crippen LogP contribution in [0.4, 0.5) is 35.1 Å². The number of allylic oxidation sites excluding steroid dienone is 2. The summed E-state index contributed by atoms with van der Waals surface area (Å²) in [4.78, 5) is 0. The van der Waals surface area contributed by atoms with Gasteiger partial charge in [0.2, 0.25) is 0 Å². The van der Waals surface area contributed by atoms with Crippen LogP contribution in [0.1, 0.15) is 61.1 Å². The summed E-state index contributed by atoms with van der Waals surface area (Å²) in [5.41, 5.74) is 7.07. The molecule has 7 rings (SSSR count). The number of alkyl halides is 6. The van der Waals surface area contributed by atoms with Crippen LogP contribution in [-0.4, -0.2) is 0 Å². The fraction of sp³-hybridized carbons (Fsp3) is 0.182. The summed E-state index contributed by atoms with van der Waals surface area (Å²) in [5, 5.41) is 19.9. The molecule has 5 aromatic carbocycles. The van der Waals surface area contributed by atoms with Gasteiger partial charge < -0.3 is 0 Å². The zero-order valence-corrected chi connectivity index (χ0v) is 29.2. The first kappa shape index (κ1) is 36.4. The summed E-state index contributed by atoms with van der Waals surface area (Å²) in [6.07, 6.45) is -9.53.